The predicted octanol–water partition coefficient (Wildman–Crippen LogP) is -0.703. The van der Waals surface area contributed by atoms with Crippen molar-refractivity contribution in [2.45, 2.75) is 0 Å². The maximum Gasteiger partial charge on any atom is 0.293 e. The molecule has 0 saturated heterocycles. The molecule has 8 nitrogen and oxygen atoms in total. The average Bonchev–Trinajstić information content (AvgIpc) is 2.48. The summed E-state index contributed by atoms with van der Waals surface area (Å²) in [5.41, 5.74) is 8.04. The van der Waals surface area contributed by atoms with Crippen molar-refractivity contribution in [3.05, 3.63) is 41.6 Å². The van der Waals surface area contributed by atoms with E-state index in [1.807, 2.05) is 0 Å². The molecule has 0 spiro atoms. The molecule has 5 N–H and O–H groups in total. The summed E-state index contributed by atoms with van der Waals surface area (Å²) in [4.78, 5) is 23.8. The third kappa shape index (κ3) is 2.59. The van der Waals surface area contributed by atoms with Gasteiger partial charge in [-0.3, -0.25) is 15.0 Å². The Labute approximate surface area is 114 Å². The van der Waals surface area contributed by atoms with Crippen LogP contribution in [0.1, 0.15) is 10.4 Å². The number of carbonyl (C=O) groups excluding carboxylic acids is 2. The number of amides is 1. The number of hydrogen-bond acceptors (Lipinski definition) is 7. The Morgan fingerprint density at radius 3 is 2.95 bits per heavy atom. The standard InChI is InChI=1S/C12H13N5O3/c1-20-8-4-2-3-7(5-8)10(18)6-9-11(19)17(14)12(13)16-15-9/h2-6,15H,14H2,1H3,(H2,13,16). The Hall–Kier alpha value is -2.87. The fourth-order valence-electron chi connectivity index (χ4n) is 1.54. The molecule has 0 bridgehead atoms. The van der Waals surface area contributed by atoms with Gasteiger partial charge in [-0.2, -0.15) is 0 Å². The second-order valence-corrected chi connectivity index (χ2v) is 3.91. The number of hydrogen-bond donors (Lipinski definition) is 3. The van der Waals surface area contributed by atoms with Crippen molar-refractivity contribution in [2.75, 3.05) is 7.11 Å². The van der Waals surface area contributed by atoms with E-state index < -0.39 is 5.91 Å². The number of benzene rings is 1. The van der Waals surface area contributed by atoms with E-state index in [1.54, 1.807) is 24.3 Å². The lowest BCUT2D eigenvalue weighted by molar-refractivity contribution is -0.124. The lowest BCUT2D eigenvalue weighted by atomic mass is 10.1. The molecular formula is C12H13N5O3. The first-order valence-corrected chi connectivity index (χ1v) is 5.61. The highest BCUT2D eigenvalue weighted by Gasteiger charge is 2.24. The van der Waals surface area contributed by atoms with Crippen LogP contribution in [0.25, 0.3) is 0 Å². The summed E-state index contributed by atoms with van der Waals surface area (Å²) < 4.78 is 5.03. The Kier molecular flexibility index (Phi) is 3.67. The maximum absolute atomic E-state index is 12.1. The van der Waals surface area contributed by atoms with Gasteiger partial charge >= 0.3 is 0 Å². The normalized spacial score (nSPS) is 16.7. The quantitative estimate of drug-likeness (QED) is 0.290. The lowest BCUT2D eigenvalue weighted by Crippen LogP contribution is -2.53. The van der Waals surface area contributed by atoms with Gasteiger partial charge in [0.1, 0.15) is 11.4 Å². The summed E-state index contributed by atoms with van der Waals surface area (Å²) in [5, 5.41) is 4.26. The van der Waals surface area contributed by atoms with Gasteiger partial charge in [-0.15, -0.1) is 5.10 Å². The van der Waals surface area contributed by atoms with Crippen LogP contribution >= 0.6 is 0 Å². The monoisotopic (exact) mass is 275 g/mol. The molecule has 1 aliphatic heterocycles. The zero-order valence-electron chi connectivity index (χ0n) is 10.7. The third-order valence-corrected chi connectivity index (χ3v) is 2.62. The van der Waals surface area contributed by atoms with Crippen LogP contribution in [-0.4, -0.2) is 29.8 Å². The summed E-state index contributed by atoms with van der Waals surface area (Å²) in [5.74, 6) is 4.72. The van der Waals surface area contributed by atoms with Crippen LogP contribution in [0.15, 0.2) is 41.1 Å². The lowest BCUT2D eigenvalue weighted by Gasteiger charge is -2.21. The molecule has 2 rings (SSSR count). The number of carbonyl (C=O) groups is 2. The number of ether oxygens (including phenoxy) is 1. The molecule has 0 atom stereocenters. The maximum atomic E-state index is 12.1. The molecule has 20 heavy (non-hydrogen) atoms. The zero-order valence-corrected chi connectivity index (χ0v) is 10.7. The Morgan fingerprint density at radius 1 is 1.50 bits per heavy atom. The van der Waals surface area contributed by atoms with E-state index in [0.29, 0.717) is 16.3 Å². The molecule has 0 radical (unpaired) electrons. The number of nitrogens with one attached hydrogen (secondary N) is 1. The second-order valence-electron chi connectivity index (χ2n) is 3.91. The van der Waals surface area contributed by atoms with Gasteiger partial charge in [0.05, 0.1) is 7.11 Å². The van der Waals surface area contributed by atoms with Gasteiger partial charge in [-0.05, 0) is 12.1 Å². The number of allylic oxidation sites excluding steroid dienone is 1. The van der Waals surface area contributed by atoms with E-state index in [2.05, 4.69) is 10.5 Å². The third-order valence-electron chi connectivity index (χ3n) is 2.62. The van der Waals surface area contributed by atoms with Gasteiger partial charge in [0.2, 0.25) is 5.96 Å². The molecule has 1 aliphatic rings. The molecule has 1 aromatic rings. The van der Waals surface area contributed by atoms with Crippen LogP contribution in [0.3, 0.4) is 0 Å². The number of guanidine groups is 1. The molecule has 1 heterocycles. The largest absolute Gasteiger partial charge is 0.497 e. The number of rotatable bonds is 3. The van der Waals surface area contributed by atoms with Gasteiger partial charge in [0.15, 0.2) is 5.78 Å². The Balaban J connectivity index is 2.26. The molecule has 1 aromatic carbocycles. The van der Waals surface area contributed by atoms with Crippen molar-refractivity contribution in [2.24, 2.45) is 16.7 Å². The van der Waals surface area contributed by atoms with Gasteiger partial charge < -0.3 is 10.5 Å². The number of hydrazine groups is 1. The molecule has 1 amide bonds. The second kappa shape index (κ2) is 5.41. The van der Waals surface area contributed by atoms with Crippen molar-refractivity contribution in [1.82, 2.24) is 10.4 Å². The van der Waals surface area contributed by atoms with Crippen molar-refractivity contribution in [3.63, 3.8) is 0 Å². The summed E-state index contributed by atoms with van der Waals surface area (Å²) in [6, 6.07) is 6.55. The summed E-state index contributed by atoms with van der Waals surface area (Å²) >= 11 is 0. The molecule has 104 valence electrons. The van der Waals surface area contributed by atoms with Crippen LogP contribution in [0, 0.1) is 0 Å². The van der Waals surface area contributed by atoms with Crippen LogP contribution < -0.4 is 21.7 Å². The fraction of sp³-hybridized carbons (Fsp3) is 0.0833. The van der Waals surface area contributed by atoms with Gasteiger partial charge in [-0.25, -0.2) is 10.9 Å². The minimum absolute atomic E-state index is 0.0606. The number of nitrogens with two attached hydrogens (primary N) is 2. The Bertz CT molecular complexity index is 623. The summed E-state index contributed by atoms with van der Waals surface area (Å²) in [6.45, 7) is 0. The van der Waals surface area contributed by atoms with E-state index in [4.69, 9.17) is 16.3 Å². The van der Waals surface area contributed by atoms with E-state index >= 15 is 0 Å². The molecule has 0 aromatic heterocycles. The topological polar surface area (TPSA) is 123 Å². The Morgan fingerprint density at radius 2 is 2.25 bits per heavy atom. The SMILES string of the molecule is COc1cccc(C(=O)C=C2NN=C(N)N(N)C2=O)c1. The number of nitrogens with zero attached hydrogens (tertiary/aromatic N) is 2. The smallest absolute Gasteiger partial charge is 0.293 e. The first kappa shape index (κ1) is 13.6. The molecule has 8 heteroatoms. The van der Waals surface area contributed by atoms with E-state index in [9.17, 15) is 9.59 Å². The predicted molar refractivity (Wildman–Crippen MR) is 71.2 cm³/mol. The van der Waals surface area contributed by atoms with E-state index in [0.717, 1.165) is 6.08 Å². The van der Waals surface area contributed by atoms with E-state index in [-0.39, 0.29) is 17.4 Å². The number of hydrazone groups is 1. The van der Waals surface area contributed by atoms with Gasteiger partial charge in [0, 0.05) is 11.6 Å². The molecule has 0 unspecified atom stereocenters. The van der Waals surface area contributed by atoms with Crippen LogP contribution in [-0.2, 0) is 4.79 Å². The van der Waals surface area contributed by atoms with Crippen LogP contribution in [0.2, 0.25) is 0 Å². The fourth-order valence-corrected chi connectivity index (χ4v) is 1.54. The molecule has 0 fully saturated rings. The average molecular weight is 275 g/mol. The minimum atomic E-state index is -0.645. The molecule has 0 aliphatic carbocycles. The number of ketones is 1. The van der Waals surface area contributed by atoms with Crippen molar-refractivity contribution in [3.8, 4) is 5.75 Å². The highest BCUT2D eigenvalue weighted by molar-refractivity contribution is 6.12. The summed E-state index contributed by atoms with van der Waals surface area (Å²) in [7, 11) is 1.50. The highest BCUT2D eigenvalue weighted by atomic mass is 16.5. The van der Waals surface area contributed by atoms with Gasteiger partial charge in [0.25, 0.3) is 5.91 Å². The van der Waals surface area contributed by atoms with Crippen LogP contribution in [0.5, 0.6) is 5.75 Å². The van der Waals surface area contributed by atoms with Crippen molar-refractivity contribution >= 4 is 17.6 Å². The molecular weight excluding hydrogens is 262 g/mol. The first-order valence-electron chi connectivity index (χ1n) is 5.61. The highest BCUT2D eigenvalue weighted by Crippen LogP contribution is 2.14. The van der Waals surface area contributed by atoms with Crippen LogP contribution in [0.4, 0.5) is 0 Å². The first-order chi connectivity index (χ1) is 9.52. The number of methoxy groups -OCH3 is 1. The zero-order chi connectivity index (χ0) is 14.7. The van der Waals surface area contributed by atoms with Crippen molar-refractivity contribution < 1.29 is 14.3 Å². The van der Waals surface area contributed by atoms with Gasteiger partial charge in [-0.1, -0.05) is 12.1 Å². The molecule has 0 saturated carbocycles. The van der Waals surface area contributed by atoms with Crippen molar-refractivity contribution in [1.29, 1.82) is 0 Å². The minimum Gasteiger partial charge on any atom is -0.497 e. The van der Waals surface area contributed by atoms with E-state index in [1.165, 1.54) is 7.11 Å². The summed E-state index contributed by atoms with van der Waals surface area (Å²) in [6.07, 6.45) is 1.10.